The van der Waals surface area contributed by atoms with E-state index in [-0.39, 0.29) is 29.0 Å². The molecule has 40 heavy (non-hydrogen) atoms. The molecular formula is C29H31ClN4O6. The van der Waals surface area contributed by atoms with E-state index < -0.39 is 11.8 Å². The van der Waals surface area contributed by atoms with E-state index >= 15 is 0 Å². The van der Waals surface area contributed by atoms with Crippen LogP contribution >= 0.6 is 11.6 Å². The Balaban J connectivity index is 1.56. The van der Waals surface area contributed by atoms with Crippen LogP contribution in [0.4, 0.5) is 11.4 Å². The number of benzene rings is 3. The van der Waals surface area contributed by atoms with E-state index in [0.29, 0.717) is 35.9 Å². The molecule has 0 radical (unpaired) electrons. The Kier molecular flexibility index (Phi) is 11.3. The van der Waals surface area contributed by atoms with Crippen molar-refractivity contribution in [2.24, 2.45) is 5.10 Å². The fourth-order valence-corrected chi connectivity index (χ4v) is 3.57. The highest BCUT2D eigenvalue weighted by Crippen LogP contribution is 2.36. The lowest BCUT2D eigenvalue weighted by Crippen LogP contribution is -2.32. The van der Waals surface area contributed by atoms with Crippen molar-refractivity contribution >= 4 is 46.9 Å². The van der Waals surface area contributed by atoms with Crippen LogP contribution in [-0.4, -0.2) is 43.8 Å². The highest BCUT2D eigenvalue weighted by atomic mass is 35.5. The molecule has 3 aromatic rings. The number of nitrogens with one attached hydrogen (secondary N) is 3. The number of hydrazone groups is 1. The fraction of sp³-hybridized carbons (Fsp3) is 0.241. The van der Waals surface area contributed by atoms with Crippen LogP contribution in [0, 0.1) is 6.92 Å². The van der Waals surface area contributed by atoms with Gasteiger partial charge in [0.25, 0.3) is 5.91 Å². The van der Waals surface area contributed by atoms with Gasteiger partial charge in [-0.1, -0.05) is 36.2 Å². The van der Waals surface area contributed by atoms with Gasteiger partial charge in [0.15, 0.2) is 18.1 Å². The van der Waals surface area contributed by atoms with Crippen LogP contribution in [0.5, 0.6) is 17.2 Å². The molecule has 11 heteroatoms. The molecule has 3 N–H and O–H groups in total. The lowest BCUT2D eigenvalue weighted by atomic mass is 10.2. The first kappa shape index (κ1) is 30.0. The van der Waals surface area contributed by atoms with Crippen molar-refractivity contribution in [3.05, 3.63) is 76.8 Å². The smallest absolute Gasteiger partial charge is 0.329 e. The monoisotopic (exact) mass is 566 g/mol. The molecule has 0 fully saturated rings. The number of halogens is 1. The summed E-state index contributed by atoms with van der Waals surface area (Å²) in [6, 6.07) is 17.1. The topological polar surface area (TPSA) is 127 Å². The number of aryl methyl sites for hydroxylation is 1. The molecular weight excluding hydrogens is 536 g/mol. The summed E-state index contributed by atoms with van der Waals surface area (Å²) in [6.45, 7) is 6.35. The number of anilines is 2. The van der Waals surface area contributed by atoms with Crippen LogP contribution in [0.3, 0.4) is 0 Å². The van der Waals surface area contributed by atoms with Gasteiger partial charge in [0.1, 0.15) is 5.75 Å². The zero-order chi connectivity index (χ0) is 28.9. The lowest BCUT2D eigenvalue weighted by Gasteiger charge is -2.14. The summed E-state index contributed by atoms with van der Waals surface area (Å²) in [6.07, 6.45) is 2.18. The van der Waals surface area contributed by atoms with Gasteiger partial charge in [0.2, 0.25) is 0 Å². The minimum atomic E-state index is -0.960. The third-order valence-corrected chi connectivity index (χ3v) is 5.47. The summed E-state index contributed by atoms with van der Waals surface area (Å²) in [5, 5.41) is 9.23. The summed E-state index contributed by atoms with van der Waals surface area (Å²) < 4.78 is 16.8. The van der Waals surface area contributed by atoms with Crippen molar-refractivity contribution in [2.75, 3.05) is 30.5 Å². The molecule has 0 unspecified atom stereocenters. The minimum absolute atomic E-state index is 0.172. The predicted octanol–water partition coefficient (Wildman–Crippen LogP) is 4.94. The molecule has 0 heterocycles. The molecule has 3 amide bonds. The Bertz CT molecular complexity index is 1340. The Morgan fingerprint density at radius 1 is 0.875 bits per heavy atom. The molecule has 0 aromatic heterocycles. The van der Waals surface area contributed by atoms with Gasteiger partial charge >= 0.3 is 11.8 Å². The van der Waals surface area contributed by atoms with Crippen LogP contribution in [0.25, 0.3) is 0 Å². The van der Waals surface area contributed by atoms with E-state index in [2.05, 4.69) is 21.2 Å². The molecule has 0 aliphatic heterocycles. The third-order valence-electron chi connectivity index (χ3n) is 5.19. The first-order valence-electron chi connectivity index (χ1n) is 12.6. The molecule has 0 bridgehead atoms. The van der Waals surface area contributed by atoms with Crippen LogP contribution < -0.4 is 30.3 Å². The fourth-order valence-electron chi connectivity index (χ4n) is 3.30. The number of rotatable bonds is 12. The maximum Gasteiger partial charge on any atom is 0.329 e. The second-order valence-electron chi connectivity index (χ2n) is 8.49. The summed E-state index contributed by atoms with van der Waals surface area (Å²) in [4.78, 5) is 36.7. The van der Waals surface area contributed by atoms with E-state index in [1.54, 1.807) is 49.4 Å². The van der Waals surface area contributed by atoms with Gasteiger partial charge in [-0.15, -0.1) is 0 Å². The Morgan fingerprint density at radius 3 is 2.23 bits per heavy atom. The zero-order valence-corrected chi connectivity index (χ0v) is 23.2. The lowest BCUT2D eigenvalue weighted by molar-refractivity contribution is -0.136. The quantitative estimate of drug-likeness (QED) is 0.162. The minimum Gasteiger partial charge on any atom is -0.494 e. The molecule has 3 rings (SSSR count). The SMILES string of the molecule is CCCOc1ccc(NC(=O)C(=O)N/N=C\c2cc(Cl)c(OCC(=O)Nc3ccc(C)cc3)c(OCC)c2)cc1. The van der Waals surface area contributed by atoms with Crippen LogP contribution in [0.1, 0.15) is 31.4 Å². The number of hydrogen-bond acceptors (Lipinski definition) is 7. The Hall–Kier alpha value is -4.57. The maximum absolute atomic E-state index is 12.3. The van der Waals surface area contributed by atoms with E-state index in [4.69, 9.17) is 25.8 Å². The molecule has 0 atom stereocenters. The van der Waals surface area contributed by atoms with Gasteiger partial charge in [0.05, 0.1) is 24.5 Å². The summed E-state index contributed by atoms with van der Waals surface area (Å²) >= 11 is 6.39. The molecule has 0 spiro atoms. The number of ether oxygens (including phenoxy) is 3. The second kappa shape index (κ2) is 15.1. The summed E-state index contributed by atoms with van der Waals surface area (Å²) in [7, 11) is 0. The first-order valence-corrected chi connectivity index (χ1v) is 13.0. The second-order valence-corrected chi connectivity index (χ2v) is 8.90. The number of carbonyl (C=O) groups excluding carboxylic acids is 3. The predicted molar refractivity (Wildman–Crippen MR) is 155 cm³/mol. The Labute approximate surface area is 237 Å². The van der Waals surface area contributed by atoms with E-state index in [1.165, 1.54) is 12.3 Å². The van der Waals surface area contributed by atoms with Gasteiger partial charge in [-0.05, 0) is 74.4 Å². The van der Waals surface area contributed by atoms with Gasteiger partial charge < -0.3 is 24.8 Å². The molecule has 210 valence electrons. The largest absolute Gasteiger partial charge is 0.494 e. The van der Waals surface area contributed by atoms with E-state index in [0.717, 1.165) is 12.0 Å². The first-order chi connectivity index (χ1) is 19.3. The van der Waals surface area contributed by atoms with Gasteiger partial charge in [-0.25, -0.2) is 5.43 Å². The number of carbonyl (C=O) groups is 3. The van der Waals surface area contributed by atoms with Gasteiger partial charge in [-0.3, -0.25) is 14.4 Å². The molecule has 0 aliphatic carbocycles. The van der Waals surface area contributed by atoms with Crippen molar-refractivity contribution in [3.63, 3.8) is 0 Å². The third kappa shape index (κ3) is 9.32. The maximum atomic E-state index is 12.3. The van der Waals surface area contributed by atoms with Crippen LogP contribution in [0.15, 0.2) is 65.8 Å². The van der Waals surface area contributed by atoms with Crippen molar-refractivity contribution in [2.45, 2.75) is 27.2 Å². The van der Waals surface area contributed by atoms with Crippen molar-refractivity contribution < 1.29 is 28.6 Å². The average Bonchev–Trinajstić information content (AvgIpc) is 2.93. The molecule has 0 saturated heterocycles. The molecule has 10 nitrogen and oxygen atoms in total. The number of nitrogens with zero attached hydrogens (tertiary/aromatic N) is 1. The zero-order valence-electron chi connectivity index (χ0n) is 22.5. The van der Waals surface area contributed by atoms with Crippen LogP contribution in [0.2, 0.25) is 5.02 Å². The summed E-state index contributed by atoms with van der Waals surface area (Å²) in [5.41, 5.74) is 4.79. The summed E-state index contributed by atoms with van der Waals surface area (Å²) in [5.74, 6) is -1.07. The van der Waals surface area contributed by atoms with E-state index in [9.17, 15) is 14.4 Å². The van der Waals surface area contributed by atoms with Gasteiger partial charge in [-0.2, -0.15) is 5.10 Å². The van der Waals surface area contributed by atoms with Crippen molar-refractivity contribution in [1.82, 2.24) is 5.43 Å². The number of amides is 3. The highest BCUT2D eigenvalue weighted by Gasteiger charge is 2.15. The van der Waals surface area contributed by atoms with Gasteiger partial charge in [0, 0.05) is 11.4 Å². The van der Waals surface area contributed by atoms with E-state index in [1.807, 2.05) is 26.0 Å². The average molecular weight is 567 g/mol. The van der Waals surface area contributed by atoms with Crippen LogP contribution in [-0.2, 0) is 14.4 Å². The van der Waals surface area contributed by atoms with Crippen molar-refractivity contribution in [3.8, 4) is 17.2 Å². The highest BCUT2D eigenvalue weighted by molar-refractivity contribution is 6.39. The molecule has 0 aliphatic rings. The normalized spacial score (nSPS) is 10.6. The number of hydrogen-bond donors (Lipinski definition) is 3. The van der Waals surface area contributed by atoms with Crippen molar-refractivity contribution in [1.29, 1.82) is 0 Å². The molecule has 3 aromatic carbocycles. The Morgan fingerprint density at radius 2 is 1.55 bits per heavy atom. The molecule has 0 saturated carbocycles. The standard InChI is InChI=1S/C29H31ClN4O6/c1-4-14-39-23-12-10-22(11-13-23)33-28(36)29(37)34-31-17-20-15-24(30)27(25(16-20)38-5-2)40-18-26(35)32-21-8-6-19(3)7-9-21/h6-13,15-17H,4-5,14,18H2,1-3H3,(H,32,35)(H,33,36)(H,34,37)/b31-17-.